The van der Waals surface area contributed by atoms with Crippen molar-refractivity contribution >= 4 is 22.4 Å². The number of para-hydroxylation sites is 1. The normalized spacial score (nSPS) is 11.4. The zero-order valence-corrected chi connectivity index (χ0v) is 17.0. The van der Waals surface area contributed by atoms with Crippen LogP contribution in [0.4, 0.5) is 4.39 Å². The summed E-state index contributed by atoms with van der Waals surface area (Å²) in [5.74, 6) is -0.690. The third kappa shape index (κ3) is 4.69. The van der Waals surface area contributed by atoms with Crippen molar-refractivity contribution in [1.29, 1.82) is 0 Å². The molecule has 0 saturated carbocycles. The van der Waals surface area contributed by atoms with E-state index >= 15 is 0 Å². The van der Waals surface area contributed by atoms with Gasteiger partial charge in [0, 0.05) is 28.2 Å². The summed E-state index contributed by atoms with van der Waals surface area (Å²) < 4.78 is 20.8. The molecule has 0 unspecified atom stereocenters. The summed E-state index contributed by atoms with van der Waals surface area (Å²) in [6, 6.07) is 12.8. The monoisotopic (exact) mass is 405 g/mol. The molecule has 0 aliphatic carbocycles. The van der Waals surface area contributed by atoms with Crippen LogP contribution in [0.15, 0.2) is 78.8 Å². The van der Waals surface area contributed by atoms with Gasteiger partial charge in [0.05, 0.1) is 6.42 Å². The van der Waals surface area contributed by atoms with Gasteiger partial charge in [-0.25, -0.2) is 4.39 Å². The SMILES string of the molecule is C=C/C=C(\C(F)=C(C)C)c1cc(COc2ccccc2CC(=O)O)cc2[nH]ccc12. The van der Waals surface area contributed by atoms with E-state index < -0.39 is 5.97 Å². The Balaban J connectivity index is 2.00. The third-order valence-electron chi connectivity index (χ3n) is 4.69. The second kappa shape index (κ2) is 9.27. The van der Waals surface area contributed by atoms with Gasteiger partial charge in [0.2, 0.25) is 0 Å². The molecule has 0 saturated heterocycles. The molecule has 0 bridgehead atoms. The number of carbonyl (C=O) groups is 1. The summed E-state index contributed by atoms with van der Waals surface area (Å²) in [7, 11) is 0. The Bertz CT molecular complexity index is 1150. The summed E-state index contributed by atoms with van der Waals surface area (Å²) in [6.45, 7) is 7.40. The summed E-state index contributed by atoms with van der Waals surface area (Å²) >= 11 is 0. The Morgan fingerprint density at radius 2 is 2.00 bits per heavy atom. The van der Waals surface area contributed by atoms with Crippen LogP contribution in [0.3, 0.4) is 0 Å². The van der Waals surface area contributed by atoms with Gasteiger partial charge in [-0.05, 0) is 54.8 Å². The number of carboxylic acids is 1. The number of aliphatic carboxylic acids is 1. The Morgan fingerprint density at radius 1 is 1.23 bits per heavy atom. The highest BCUT2D eigenvalue weighted by molar-refractivity contribution is 5.96. The van der Waals surface area contributed by atoms with E-state index in [1.807, 2.05) is 24.4 Å². The van der Waals surface area contributed by atoms with Crippen molar-refractivity contribution in [3.8, 4) is 5.75 Å². The van der Waals surface area contributed by atoms with Gasteiger partial charge in [-0.3, -0.25) is 4.79 Å². The number of allylic oxidation sites excluding steroid dienone is 5. The molecule has 0 amide bonds. The molecule has 0 atom stereocenters. The van der Waals surface area contributed by atoms with Crippen LogP contribution < -0.4 is 4.74 Å². The molecule has 2 N–H and O–H groups in total. The first-order valence-electron chi connectivity index (χ1n) is 9.59. The van der Waals surface area contributed by atoms with Crippen molar-refractivity contribution in [2.24, 2.45) is 0 Å². The van der Waals surface area contributed by atoms with Gasteiger partial charge in [0.15, 0.2) is 0 Å². The number of fused-ring (bicyclic) bond motifs is 1. The summed E-state index contributed by atoms with van der Waals surface area (Å²) in [4.78, 5) is 14.3. The second-order valence-electron chi connectivity index (χ2n) is 7.18. The molecule has 1 heterocycles. The molecule has 30 heavy (non-hydrogen) atoms. The predicted molar refractivity (Wildman–Crippen MR) is 118 cm³/mol. The maximum atomic E-state index is 14.9. The molecule has 3 aromatic rings. The number of hydrogen-bond acceptors (Lipinski definition) is 2. The van der Waals surface area contributed by atoms with Crippen LogP contribution in [-0.4, -0.2) is 16.1 Å². The minimum atomic E-state index is -0.919. The Labute approximate surface area is 175 Å². The van der Waals surface area contributed by atoms with Crippen molar-refractivity contribution in [2.75, 3.05) is 0 Å². The van der Waals surface area contributed by atoms with Crippen LogP contribution in [0, 0.1) is 0 Å². The maximum Gasteiger partial charge on any atom is 0.307 e. The average Bonchev–Trinajstić information content (AvgIpc) is 3.18. The number of halogens is 1. The summed E-state index contributed by atoms with van der Waals surface area (Å²) in [5, 5.41) is 10.00. The van der Waals surface area contributed by atoms with Gasteiger partial charge in [-0.2, -0.15) is 0 Å². The molecule has 2 aromatic carbocycles. The number of rotatable bonds is 8. The Kier molecular flexibility index (Phi) is 6.52. The lowest BCUT2D eigenvalue weighted by Gasteiger charge is -2.14. The van der Waals surface area contributed by atoms with E-state index in [0.717, 1.165) is 22.0 Å². The first kappa shape index (κ1) is 21.1. The lowest BCUT2D eigenvalue weighted by atomic mass is 9.96. The number of H-pyrrole nitrogens is 1. The molecule has 4 nitrogen and oxygen atoms in total. The number of nitrogens with one attached hydrogen (secondary N) is 1. The quantitative estimate of drug-likeness (QED) is 0.438. The van der Waals surface area contributed by atoms with Crippen LogP contribution in [0.5, 0.6) is 5.75 Å². The number of aromatic nitrogens is 1. The fraction of sp³-hybridized carbons (Fsp3) is 0.160. The van der Waals surface area contributed by atoms with Gasteiger partial charge in [0.25, 0.3) is 0 Å². The van der Waals surface area contributed by atoms with E-state index in [4.69, 9.17) is 9.84 Å². The van der Waals surface area contributed by atoms with Crippen molar-refractivity contribution in [3.63, 3.8) is 0 Å². The molecule has 154 valence electrons. The van der Waals surface area contributed by atoms with Crippen molar-refractivity contribution < 1.29 is 19.0 Å². The fourth-order valence-corrected chi connectivity index (χ4v) is 3.32. The maximum absolute atomic E-state index is 14.9. The Morgan fingerprint density at radius 3 is 2.70 bits per heavy atom. The highest BCUT2D eigenvalue weighted by Gasteiger charge is 2.15. The highest BCUT2D eigenvalue weighted by atomic mass is 19.1. The van der Waals surface area contributed by atoms with E-state index in [1.165, 1.54) is 0 Å². The van der Waals surface area contributed by atoms with Gasteiger partial charge in [0.1, 0.15) is 18.2 Å². The van der Waals surface area contributed by atoms with Crippen LogP contribution in [0.1, 0.15) is 30.5 Å². The summed E-state index contributed by atoms with van der Waals surface area (Å²) in [5.41, 5.74) is 4.08. The minimum Gasteiger partial charge on any atom is -0.489 e. The lowest BCUT2D eigenvalue weighted by Crippen LogP contribution is -2.04. The lowest BCUT2D eigenvalue weighted by molar-refractivity contribution is -0.136. The number of hydrogen-bond donors (Lipinski definition) is 2. The predicted octanol–water partition coefficient (Wildman–Crippen LogP) is 6.21. The molecular weight excluding hydrogens is 381 g/mol. The van der Waals surface area contributed by atoms with E-state index in [9.17, 15) is 9.18 Å². The van der Waals surface area contributed by atoms with E-state index in [2.05, 4.69) is 11.6 Å². The van der Waals surface area contributed by atoms with Crippen molar-refractivity contribution in [1.82, 2.24) is 4.98 Å². The smallest absolute Gasteiger partial charge is 0.307 e. The largest absolute Gasteiger partial charge is 0.489 e. The molecular formula is C25H24FNO3. The number of ether oxygens (including phenoxy) is 1. The molecule has 0 radical (unpaired) electrons. The fourth-order valence-electron chi connectivity index (χ4n) is 3.32. The van der Waals surface area contributed by atoms with Crippen molar-refractivity contribution in [3.05, 3.63) is 95.5 Å². The molecule has 0 spiro atoms. The zero-order chi connectivity index (χ0) is 21.7. The van der Waals surface area contributed by atoms with Gasteiger partial charge >= 0.3 is 5.97 Å². The standard InChI is InChI=1S/C25H24FNO3/c1-4-7-20(25(26)16(2)3)21-12-17(13-22-19(21)10-11-27-22)15-30-23-9-6-5-8-18(23)14-24(28)29/h4-13,27H,1,14-15H2,2-3H3,(H,28,29)/b20-7-. The number of aromatic amines is 1. The minimum absolute atomic E-state index is 0.116. The Hall–Kier alpha value is -3.60. The van der Waals surface area contributed by atoms with E-state index in [1.54, 1.807) is 50.3 Å². The molecule has 5 heteroatoms. The van der Waals surface area contributed by atoms with Crippen LogP contribution in [-0.2, 0) is 17.8 Å². The van der Waals surface area contributed by atoms with Gasteiger partial charge < -0.3 is 14.8 Å². The molecule has 1 aromatic heterocycles. The molecule has 0 fully saturated rings. The molecule has 3 rings (SSSR count). The topological polar surface area (TPSA) is 62.3 Å². The van der Waals surface area contributed by atoms with Gasteiger partial charge in [-0.1, -0.05) is 36.9 Å². The number of benzene rings is 2. The van der Waals surface area contributed by atoms with Crippen molar-refractivity contribution in [2.45, 2.75) is 26.9 Å². The van der Waals surface area contributed by atoms with Crippen LogP contribution in [0.2, 0.25) is 0 Å². The van der Waals surface area contributed by atoms with E-state index in [0.29, 0.717) is 22.5 Å². The third-order valence-corrected chi connectivity index (χ3v) is 4.69. The molecule has 0 aliphatic rings. The van der Waals surface area contributed by atoms with Crippen LogP contribution >= 0.6 is 0 Å². The second-order valence-corrected chi connectivity index (χ2v) is 7.18. The van der Waals surface area contributed by atoms with E-state index in [-0.39, 0.29) is 18.9 Å². The first-order valence-corrected chi connectivity index (χ1v) is 9.59. The zero-order valence-electron chi connectivity index (χ0n) is 17.0. The van der Waals surface area contributed by atoms with Crippen LogP contribution in [0.25, 0.3) is 16.5 Å². The highest BCUT2D eigenvalue weighted by Crippen LogP contribution is 2.33. The van der Waals surface area contributed by atoms with Gasteiger partial charge in [-0.15, -0.1) is 0 Å². The summed E-state index contributed by atoms with van der Waals surface area (Å²) in [6.07, 6.45) is 4.93. The first-order chi connectivity index (χ1) is 14.4. The molecule has 0 aliphatic heterocycles. The average molecular weight is 405 g/mol. The number of carboxylic acid groups (broad SMARTS) is 1.